The Hall–Kier alpha value is -3.40. The Morgan fingerprint density at radius 2 is 1.43 bits per heavy atom. The minimum atomic E-state index is -0.490. The number of nitrogens with zero attached hydrogens (tertiary/aromatic N) is 1. The van der Waals surface area contributed by atoms with Crippen molar-refractivity contribution < 1.29 is 14.3 Å². The molecule has 0 aromatic heterocycles. The molecule has 0 spiro atoms. The topological polar surface area (TPSA) is 46.6 Å². The van der Waals surface area contributed by atoms with Crippen LogP contribution >= 0.6 is 0 Å². The first-order chi connectivity index (χ1) is 17.1. The van der Waals surface area contributed by atoms with E-state index in [4.69, 9.17) is 4.74 Å². The van der Waals surface area contributed by atoms with E-state index in [-0.39, 0.29) is 29.6 Å². The Labute approximate surface area is 206 Å². The van der Waals surface area contributed by atoms with E-state index in [9.17, 15) is 9.59 Å². The molecule has 4 aliphatic rings. The first-order valence-corrected chi connectivity index (χ1v) is 12.9. The number of hydrogen-bond donors (Lipinski definition) is 0. The third-order valence-corrected chi connectivity index (χ3v) is 8.46. The summed E-state index contributed by atoms with van der Waals surface area (Å²) in [7, 11) is 0. The van der Waals surface area contributed by atoms with E-state index in [1.807, 2.05) is 24.3 Å². The van der Waals surface area contributed by atoms with Crippen LogP contribution in [0, 0.1) is 11.8 Å². The normalized spacial score (nSPS) is 25.9. The van der Waals surface area contributed by atoms with Crippen LogP contribution in [0.25, 0.3) is 0 Å². The lowest BCUT2D eigenvalue weighted by Gasteiger charge is -2.54. The number of hydrogen-bond acceptors (Lipinski definition) is 3. The molecule has 178 valence electrons. The maximum Gasteiger partial charge on any atom is 0.238 e. The van der Waals surface area contributed by atoms with Crippen LogP contribution in [0.1, 0.15) is 67.7 Å². The molecule has 0 saturated carbocycles. The van der Waals surface area contributed by atoms with Gasteiger partial charge in [-0.2, -0.15) is 0 Å². The third-order valence-electron chi connectivity index (χ3n) is 8.46. The second-order valence-corrected chi connectivity index (χ2v) is 10.0. The van der Waals surface area contributed by atoms with E-state index in [0.717, 1.165) is 31.4 Å². The minimum Gasteiger partial charge on any atom is -0.494 e. The van der Waals surface area contributed by atoms with Crippen molar-refractivity contribution >= 4 is 17.5 Å². The molecule has 7 rings (SSSR count). The van der Waals surface area contributed by atoms with Gasteiger partial charge in [0.25, 0.3) is 0 Å². The Bertz CT molecular complexity index is 1250. The highest BCUT2D eigenvalue weighted by atomic mass is 16.5. The molecule has 4 nitrogen and oxygen atoms in total. The second-order valence-electron chi connectivity index (χ2n) is 10.0. The molecular formula is C31H31NO3. The summed E-state index contributed by atoms with van der Waals surface area (Å²) in [5, 5.41) is 0. The summed E-state index contributed by atoms with van der Waals surface area (Å²) in [6, 6.07) is 24.3. The van der Waals surface area contributed by atoms with Gasteiger partial charge >= 0.3 is 0 Å². The summed E-state index contributed by atoms with van der Waals surface area (Å²) in [6.45, 7) is 5.00. The van der Waals surface area contributed by atoms with Crippen LogP contribution in [0.3, 0.4) is 0 Å². The van der Waals surface area contributed by atoms with Gasteiger partial charge in [0.1, 0.15) is 5.75 Å². The van der Waals surface area contributed by atoms with Gasteiger partial charge in [-0.3, -0.25) is 9.59 Å². The molecule has 0 radical (unpaired) electrons. The van der Waals surface area contributed by atoms with Gasteiger partial charge in [0.05, 0.1) is 24.1 Å². The van der Waals surface area contributed by atoms with Crippen molar-refractivity contribution in [2.24, 2.45) is 11.8 Å². The minimum absolute atomic E-state index is 0.0764. The summed E-state index contributed by atoms with van der Waals surface area (Å²) < 4.78 is 5.85. The number of benzene rings is 3. The molecule has 1 unspecified atom stereocenters. The van der Waals surface area contributed by atoms with Crippen LogP contribution in [0.5, 0.6) is 5.75 Å². The van der Waals surface area contributed by atoms with Gasteiger partial charge in [-0.1, -0.05) is 75.2 Å². The highest BCUT2D eigenvalue weighted by Gasteiger charge is 2.67. The maximum absolute atomic E-state index is 14.1. The Morgan fingerprint density at radius 3 is 2.03 bits per heavy atom. The number of unbranched alkanes of at least 4 members (excludes halogenated alkanes) is 2. The zero-order valence-electron chi connectivity index (χ0n) is 20.4. The fourth-order valence-electron chi connectivity index (χ4n) is 7.02. The van der Waals surface area contributed by atoms with Crippen molar-refractivity contribution in [3.05, 3.63) is 95.1 Å². The summed E-state index contributed by atoms with van der Waals surface area (Å²) in [5.74, 6) is -0.248. The average Bonchev–Trinajstić information content (AvgIpc) is 3.17. The lowest BCUT2D eigenvalue weighted by Crippen LogP contribution is -2.53. The van der Waals surface area contributed by atoms with Crippen molar-refractivity contribution in [1.82, 2.24) is 0 Å². The number of imide groups is 1. The van der Waals surface area contributed by atoms with Gasteiger partial charge in [0.15, 0.2) is 0 Å². The van der Waals surface area contributed by atoms with Crippen molar-refractivity contribution in [3.63, 3.8) is 0 Å². The predicted octanol–water partition coefficient (Wildman–Crippen LogP) is 6.22. The van der Waals surface area contributed by atoms with E-state index in [2.05, 4.69) is 62.4 Å². The lowest BCUT2D eigenvalue weighted by molar-refractivity contribution is -0.123. The number of carbonyl (C=O) groups is 2. The molecule has 3 aromatic rings. The van der Waals surface area contributed by atoms with E-state index >= 15 is 0 Å². The maximum atomic E-state index is 14.1. The van der Waals surface area contributed by atoms with Crippen LogP contribution < -0.4 is 9.64 Å². The predicted molar refractivity (Wildman–Crippen MR) is 137 cm³/mol. The molecule has 2 amide bonds. The first-order valence-electron chi connectivity index (χ1n) is 12.9. The monoisotopic (exact) mass is 465 g/mol. The number of rotatable bonds is 7. The molecule has 2 bridgehead atoms. The zero-order valence-corrected chi connectivity index (χ0v) is 20.4. The summed E-state index contributed by atoms with van der Waals surface area (Å²) in [6.07, 6.45) is 4.08. The number of anilines is 1. The SMILES string of the molecule is CCCCCOc1ccc(N2C(=O)C3[C@H](C2=O)C2c4ccccc4C3(CC)c3ccccc32)cc1. The van der Waals surface area contributed by atoms with Crippen LogP contribution in [0.4, 0.5) is 5.69 Å². The first kappa shape index (κ1) is 22.1. The van der Waals surface area contributed by atoms with Crippen LogP contribution in [0.15, 0.2) is 72.8 Å². The highest BCUT2D eigenvalue weighted by Crippen LogP contribution is 2.65. The van der Waals surface area contributed by atoms with Crippen LogP contribution in [-0.2, 0) is 15.0 Å². The Morgan fingerprint density at radius 1 is 0.800 bits per heavy atom. The highest BCUT2D eigenvalue weighted by molar-refractivity contribution is 6.23. The molecule has 4 heteroatoms. The lowest BCUT2D eigenvalue weighted by atomic mass is 9.46. The summed E-state index contributed by atoms with van der Waals surface area (Å²) in [4.78, 5) is 29.6. The molecule has 3 aliphatic carbocycles. The molecule has 2 atom stereocenters. The molecule has 0 N–H and O–H groups in total. The molecule has 1 aliphatic heterocycles. The van der Waals surface area contributed by atoms with Crippen LogP contribution in [0.2, 0.25) is 0 Å². The van der Waals surface area contributed by atoms with E-state index in [1.54, 1.807) is 0 Å². The molecule has 1 saturated heterocycles. The van der Waals surface area contributed by atoms with Gasteiger partial charge in [-0.05, 0) is 59.4 Å². The van der Waals surface area contributed by atoms with Gasteiger partial charge in [0.2, 0.25) is 11.8 Å². The van der Waals surface area contributed by atoms with E-state index < -0.39 is 5.41 Å². The van der Waals surface area contributed by atoms with Crippen molar-refractivity contribution in [2.75, 3.05) is 11.5 Å². The second kappa shape index (κ2) is 8.37. The van der Waals surface area contributed by atoms with Crippen molar-refractivity contribution in [1.29, 1.82) is 0 Å². The average molecular weight is 466 g/mol. The van der Waals surface area contributed by atoms with E-state index in [1.165, 1.54) is 27.2 Å². The smallest absolute Gasteiger partial charge is 0.238 e. The quantitative estimate of drug-likeness (QED) is 0.308. The largest absolute Gasteiger partial charge is 0.494 e. The molecular weight excluding hydrogens is 434 g/mol. The fourth-order valence-corrected chi connectivity index (χ4v) is 7.02. The third kappa shape index (κ3) is 2.98. The van der Waals surface area contributed by atoms with Gasteiger partial charge in [0, 0.05) is 11.3 Å². The van der Waals surface area contributed by atoms with Gasteiger partial charge in [-0.15, -0.1) is 0 Å². The molecule has 1 heterocycles. The molecule has 35 heavy (non-hydrogen) atoms. The van der Waals surface area contributed by atoms with Gasteiger partial charge < -0.3 is 4.74 Å². The number of carbonyl (C=O) groups excluding carboxylic acids is 2. The van der Waals surface area contributed by atoms with Crippen molar-refractivity contribution in [2.45, 2.75) is 50.9 Å². The van der Waals surface area contributed by atoms with Crippen molar-refractivity contribution in [3.8, 4) is 5.75 Å². The molecule has 1 fully saturated rings. The summed E-state index contributed by atoms with van der Waals surface area (Å²) >= 11 is 0. The number of ether oxygens (including phenoxy) is 1. The standard InChI is InChI=1S/C31H31NO3/c1-3-5-10-19-35-21-17-15-20(16-18-21)32-29(33)27-26-22-11-6-8-13-24(22)31(4-2,28(27)30(32)34)25-14-9-7-12-23(25)26/h6-9,11-18,26-28H,3-5,10,19H2,1-2H3/t26?,27-,28?,31?/m1/s1. The molecule has 3 aromatic carbocycles. The Balaban J connectivity index is 1.41. The fraction of sp³-hybridized carbons (Fsp3) is 0.355. The van der Waals surface area contributed by atoms with E-state index in [0.29, 0.717) is 12.3 Å². The Kier molecular flexibility index (Phi) is 5.28. The van der Waals surface area contributed by atoms with Crippen LogP contribution in [-0.4, -0.2) is 18.4 Å². The zero-order chi connectivity index (χ0) is 24.2. The number of amides is 2. The summed E-state index contributed by atoms with van der Waals surface area (Å²) in [5.41, 5.74) is 4.98. The van der Waals surface area contributed by atoms with Gasteiger partial charge in [-0.25, -0.2) is 4.90 Å².